The molecule has 9 nitrogen and oxygen atoms in total. The largest absolute Gasteiger partial charge is 0.455 e. The van der Waals surface area contributed by atoms with Crippen LogP contribution in [-0.4, -0.2) is 35.9 Å². The highest BCUT2D eigenvalue weighted by Gasteiger charge is 2.37. The maximum atomic E-state index is 12.8. The number of alkyl halides is 3. The summed E-state index contributed by atoms with van der Waals surface area (Å²) < 4.78 is 43.2. The number of anilines is 2. The van der Waals surface area contributed by atoms with Crippen LogP contribution in [0, 0.1) is 23.0 Å². The van der Waals surface area contributed by atoms with Gasteiger partial charge in [0.15, 0.2) is 6.61 Å². The van der Waals surface area contributed by atoms with Crippen LogP contribution in [0.1, 0.15) is 17.5 Å². The minimum atomic E-state index is -4.58. The van der Waals surface area contributed by atoms with Crippen LogP contribution in [0.25, 0.3) is 0 Å². The monoisotopic (exact) mass is 465 g/mol. The molecule has 0 unspecified atom stereocenters. The molecule has 0 radical (unpaired) electrons. The van der Waals surface area contributed by atoms with Crippen molar-refractivity contribution in [2.75, 3.05) is 23.4 Å². The highest BCUT2D eigenvalue weighted by molar-refractivity contribution is 6.00. The molecule has 2 aromatic rings. The molecule has 2 amide bonds. The number of nitrogens with zero attached hydrogens (tertiary/aromatic N) is 2. The zero-order valence-corrected chi connectivity index (χ0v) is 17.2. The number of amides is 2. The first-order valence-corrected chi connectivity index (χ1v) is 9.65. The van der Waals surface area contributed by atoms with E-state index in [-0.39, 0.29) is 30.0 Å². The number of ether oxygens (including phenoxy) is 1. The van der Waals surface area contributed by atoms with Crippen molar-refractivity contribution >= 4 is 34.8 Å². The van der Waals surface area contributed by atoms with Crippen LogP contribution < -0.4 is 10.2 Å². The van der Waals surface area contributed by atoms with E-state index in [0.717, 1.165) is 18.2 Å². The standard InChI is InChI=1S/C21H18F3N3O6/c1-12-5-6-16(9-17(12)27(31)32)26-10-13(7-19(26)29)20(30)33-11-18(28)25-15-4-2-3-14(8-15)21(22,23)24/h2-6,8-9,13H,7,10-11H2,1H3,(H,25,28)/t13-/m1/s1. The molecule has 0 saturated carbocycles. The Kier molecular flexibility index (Phi) is 6.65. The van der Waals surface area contributed by atoms with E-state index >= 15 is 0 Å². The third-order valence-electron chi connectivity index (χ3n) is 4.98. The lowest BCUT2D eigenvalue weighted by Gasteiger charge is -2.17. The van der Waals surface area contributed by atoms with E-state index in [9.17, 15) is 37.7 Å². The van der Waals surface area contributed by atoms with Gasteiger partial charge >= 0.3 is 12.1 Å². The molecule has 33 heavy (non-hydrogen) atoms. The molecular weight excluding hydrogens is 447 g/mol. The van der Waals surface area contributed by atoms with E-state index in [1.165, 1.54) is 29.2 Å². The summed E-state index contributed by atoms with van der Waals surface area (Å²) in [6.07, 6.45) is -4.79. The van der Waals surface area contributed by atoms with E-state index < -0.39 is 47.0 Å². The van der Waals surface area contributed by atoms with Crippen LogP contribution in [0.3, 0.4) is 0 Å². The number of halogens is 3. The number of hydrogen-bond acceptors (Lipinski definition) is 6. The first-order chi connectivity index (χ1) is 15.5. The van der Waals surface area contributed by atoms with E-state index in [0.29, 0.717) is 5.56 Å². The number of benzene rings is 2. The van der Waals surface area contributed by atoms with Gasteiger partial charge in [0, 0.05) is 30.3 Å². The van der Waals surface area contributed by atoms with Crippen LogP contribution in [-0.2, 0) is 25.3 Å². The molecule has 1 N–H and O–H groups in total. The van der Waals surface area contributed by atoms with E-state index in [1.54, 1.807) is 6.92 Å². The smallest absolute Gasteiger partial charge is 0.416 e. The normalized spacial score (nSPS) is 15.9. The molecule has 0 aromatic heterocycles. The van der Waals surface area contributed by atoms with Gasteiger partial charge in [0.2, 0.25) is 5.91 Å². The Morgan fingerprint density at radius 1 is 1.24 bits per heavy atom. The zero-order valence-electron chi connectivity index (χ0n) is 17.2. The quantitative estimate of drug-likeness (QED) is 0.397. The number of nitrogens with one attached hydrogen (secondary N) is 1. The molecule has 0 aliphatic carbocycles. The topological polar surface area (TPSA) is 119 Å². The Labute approximate surface area is 185 Å². The van der Waals surface area contributed by atoms with Gasteiger partial charge in [-0.15, -0.1) is 0 Å². The summed E-state index contributed by atoms with van der Waals surface area (Å²) in [6.45, 7) is 0.710. The average molecular weight is 465 g/mol. The first-order valence-electron chi connectivity index (χ1n) is 9.65. The number of carbonyl (C=O) groups excluding carboxylic acids is 3. The Bertz CT molecular complexity index is 1120. The second kappa shape index (κ2) is 9.27. The fourth-order valence-corrected chi connectivity index (χ4v) is 3.30. The minimum Gasteiger partial charge on any atom is -0.455 e. The highest BCUT2D eigenvalue weighted by atomic mass is 19.4. The van der Waals surface area contributed by atoms with Crippen LogP contribution in [0.15, 0.2) is 42.5 Å². The van der Waals surface area contributed by atoms with Crippen molar-refractivity contribution in [1.82, 2.24) is 0 Å². The van der Waals surface area contributed by atoms with E-state index in [4.69, 9.17) is 4.74 Å². The summed E-state index contributed by atoms with van der Waals surface area (Å²) in [6, 6.07) is 8.22. The molecule has 3 rings (SSSR count). The van der Waals surface area contributed by atoms with Gasteiger partial charge < -0.3 is 15.0 Å². The fraction of sp³-hybridized carbons (Fsp3) is 0.286. The molecule has 1 fully saturated rings. The molecule has 2 aromatic carbocycles. The lowest BCUT2D eigenvalue weighted by molar-refractivity contribution is -0.385. The second-order valence-electron chi connectivity index (χ2n) is 7.37. The molecule has 1 atom stereocenters. The first kappa shape index (κ1) is 23.7. The number of nitro benzene ring substituents is 1. The predicted molar refractivity (Wildman–Crippen MR) is 109 cm³/mol. The zero-order chi connectivity index (χ0) is 24.3. The van der Waals surface area contributed by atoms with Gasteiger partial charge in [-0.25, -0.2) is 0 Å². The number of rotatable bonds is 6. The summed E-state index contributed by atoms with van der Waals surface area (Å²) in [5, 5.41) is 13.3. The Morgan fingerprint density at radius 2 is 1.97 bits per heavy atom. The predicted octanol–water partition coefficient (Wildman–Crippen LogP) is 3.46. The fourth-order valence-electron chi connectivity index (χ4n) is 3.30. The van der Waals surface area contributed by atoms with E-state index in [1.807, 2.05) is 0 Å². The van der Waals surface area contributed by atoms with Crippen molar-refractivity contribution < 1.29 is 37.2 Å². The van der Waals surface area contributed by atoms with Gasteiger partial charge in [0.05, 0.1) is 22.1 Å². The maximum Gasteiger partial charge on any atom is 0.416 e. The van der Waals surface area contributed by atoms with Gasteiger partial charge in [-0.05, 0) is 31.2 Å². The van der Waals surface area contributed by atoms with Gasteiger partial charge in [-0.2, -0.15) is 13.2 Å². The summed E-state index contributed by atoms with van der Waals surface area (Å²) in [4.78, 5) is 48.4. The molecule has 0 spiro atoms. The molecule has 12 heteroatoms. The van der Waals surface area contributed by atoms with Gasteiger partial charge in [-0.3, -0.25) is 24.5 Å². The van der Waals surface area contributed by atoms with Crippen LogP contribution in [0.4, 0.5) is 30.2 Å². The highest BCUT2D eigenvalue weighted by Crippen LogP contribution is 2.31. The van der Waals surface area contributed by atoms with Gasteiger partial charge in [0.25, 0.3) is 11.6 Å². The molecular formula is C21H18F3N3O6. The SMILES string of the molecule is Cc1ccc(N2C[C@H](C(=O)OCC(=O)Nc3cccc(C(F)(F)F)c3)CC2=O)cc1[N+](=O)[O-]. The number of aryl methyl sites for hydroxylation is 1. The van der Waals surface area contributed by atoms with Crippen molar-refractivity contribution in [3.63, 3.8) is 0 Å². The summed E-state index contributed by atoms with van der Waals surface area (Å²) in [5.74, 6) is -3.03. The van der Waals surface area contributed by atoms with Crippen LogP contribution in [0.2, 0.25) is 0 Å². The molecule has 174 valence electrons. The third kappa shape index (κ3) is 5.64. The summed E-state index contributed by atoms with van der Waals surface area (Å²) >= 11 is 0. The van der Waals surface area contributed by atoms with Gasteiger partial charge in [0.1, 0.15) is 0 Å². The van der Waals surface area contributed by atoms with Gasteiger partial charge in [-0.1, -0.05) is 12.1 Å². The minimum absolute atomic E-state index is 0.0901. The van der Waals surface area contributed by atoms with Crippen LogP contribution >= 0.6 is 0 Å². The van der Waals surface area contributed by atoms with Crippen molar-refractivity contribution in [3.05, 3.63) is 63.7 Å². The third-order valence-corrected chi connectivity index (χ3v) is 4.98. The number of esters is 1. The van der Waals surface area contributed by atoms with Crippen LogP contribution in [0.5, 0.6) is 0 Å². The number of hydrogen-bond donors (Lipinski definition) is 1. The molecule has 1 aliphatic heterocycles. The Hall–Kier alpha value is -3.96. The Balaban J connectivity index is 1.57. The summed E-state index contributed by atoms with van der Waals surface area (Å²) in [7, 11) is 0. The maximum absolute atomic E-state index is 12.8. The lowest BCUT2D eigenvalue weighted by atomic mass is 10.1. The second-order valence-corrected chi connectivity index (χ2v) is 7.37. The summed E-state index contributed by atoms with van der Waals surface area (Å²) in [5.41, 5.74) is -0.558. The lowest BCUT2D eigenvalue weighted by Crippen LogP contribution is -2.28. The molecule has 1 aliphatic rings. The molecule has 1 heterocycles. The number of carbonyl (C=O) groups is 3. The molecule has 0 bridgehead atoms. The van der Waals surface area contributed by atoms with Crippen molar-refractivity contribution in [3.8, 4) is 0 Å². The Morgan fingerprint density at radius 3 is 2.64 bits per heavy atom. The molecule has 1 saturated heterocycles. The van der Waals surface area contributed by atoms with Crippen molar-refractivity contribution in [2.24, 2.45) is 5.92 Å². The van der Waals surface area contributed by atoms with Crippen molar-refractivity contribution in [1.29, 1.82) is 0 Å². The van der Waals surface area contributed by atoms with E-state index in [2.05, 4.69) is 5.32 Å². The number of nitro groups is 1. The van der Waals surface area contributed by atoms with Crippen molar-refractivity contribution in [2.45, 2.75) is 19.5 Å². The average Bonchev–Trinajstić information content (AvgIpc) is 3.13.